The summed E-state index contributed by atoms with van der Waals surface area (Å²) in [5, 5.41) is 4.64. The van der Waals surface area contributed by atoms with Crippen LogP contribution in [-0.2, 0) is 0 Å². The number of pyridine rings is 1. The average molecular weight is 356 g/mol. The van der Waals surface area contributed by atoms with E-state index in [0.717, 1.165) is 16.8 Å². The van der Waals surface area contributed by atoms with Gasteiger partial charge in [-0.15, -0.1) is 0 Å². The lowest BCUT2D eigenvalue weighted by atomic mass is 10.2. The maximum Gasteiger partial charge on any atom is 0.167 e. The molecule has 7 heteroatoms. The minimum atomic E-state index is -0.819. The normalized spacial score (nSPS) is 11.3. The second-order valence-electron chi connectivity index (χ2n) is 5.11. The third-order valence-corrected chi connectivity index (χ3v) is 3.92. The average Bonchev–Trinajstić information content (AvgIpc) is 3.06. The second kappa shape index (κ2) is 6.19. The van der Waals surface area contributed by atoms with Crippen LogP contribution in [0.15, 0.2) is 60.9 Å². The Morgan fingerprint density at radius 3 is 2.42 bits per heavy atom. The van der Waals surface area contributed by atoms with Crippen LogP contribution in [0.25, 0.3) is 28.3 Å². The van der Waals surface area contributed by atoms with Crippen LogP contribution in [0.3, 0.4) is 0 Å². The van der Waals surface area contributed by atoms with E-state index in [4.69, 9.17) is 23.2 Å². The molecule has 0 amide bonds. The molecule has 4 rings (SSSR count). The summed E-state index contributed by atoms with van der Waals surface area (Å²) in [6.45, 7) is 0. The van der Waals surface area contributed by atoms with Crippen molar-refractivity contribution < 1.29 is 0 Å². The molecule has 118 valence electrons. The van der Waals surface area contributed by atoms with Gasteiger partial charge in [-0.25, -0.2) is 9.97 Å². The van der Waals surface area contributed by atoms with Crippen LogP contribution < -0.4 is 0 Å². The molecule has 0 aliphatic rings. The Kier molecular flexibility index (Phi) is 3.88. The molecule has 0 bridgehead atoms. The molecule has 0 aliphatic heterocycles. The Hall–Kier alpha value is -2.50. The van der Waals surface area contributed by atoms with E-state index in [2.05, 4.69) is 20.1 Å². The minimum Gasteiger partial charge on any atom is -0.264 e. The van der Waals surface area contributed by atoms with E-state index in [9.17, 15) is 0 Å². The summed E-state index contributed by atoms with van der Waals surface area (Å²) in [6, 6.07) is 15.5. The molecule has 5 nitrogen and oxygen atoms in total. The molecular weight excluding hydrogens is 345 g/mol. The summed E-state index contributed by atoms with van der Waals surface area (Å²) in [5.74, 6) is 0.931. The first-order valence-electron chi connectivity index (χ1n) is 7.24. The monoisotopic (exact) mass is 355 g/mol. The summed E-state index contributed by atoms with van der Waals surface area (Å²) < 4.78 is 1.68. The number of aromatic nitrogens is 5. The Morgan fingerprint density at radius 1 is 0.917 bits per heavy atom. The van der Waals surface area contributed by atoms with Gasteiger partial charge in [-0.3, -0.25) is 4.98 Å². The second-order valence-corrected chi connectivity index (χ2v) is 6.21. The van der Waals surface area contributed by atoms with Gasteiger partial charge in [0.15, 0.2) is 22.1 Å². The van der Waals surface area contributed by atoms with Gasteiger partial charge in [-0.1, -0.05) is 53.5 Å². The smallest absolute Gasteiger partial charge is 0.167 e. The Balaban J connectivity index is 1.98. The van der Waals surface area contributed by atoms with Gasteiger partial charge < -0.3 is 0 Å². The highest BCUT2D eigenvalue weighted by Crippen LogP contribution is 2.27. The van der Waals surface area contributed by atoms with Crippen molar-refractivity contribution >= 4 is 28.8 Å². The van der Waals surface area contributed by atoms with E-state index in [-0.39, 0.29) is 0 Å². The lowest BCUT2D eigenvalue weighted by molar-refractivity contribution is 0.872. The number of rotatable bonds is 3. The highest BCUT2D eigenvalue weighted by Gasteiger charge is 2.16. The molecule has 0 N–H and O–H groups in total. The van der Waals surface area contributed by atoms with Crippen LogP contribution in [0, 0.1) is 0 Å². The zero-order valence-electron chi connectivity index (χ0n) is 12.3. The van der Waals surface area contributed by atoms with Gasteiger partial charge in [0, 0.05) is 29.6 Å². The Bertz CT molecular complexity index is 984. The maximum absolute atomic E-state index is 5.98. The summed E-state index contributed by atoms with van der Waals surface area (Å²) in [5.41, 5.74) is 3.23. The van der Waals surface area contributed by atoms with E-state index in [1.54, 1.807) is 16.9 Å². The third kappa shape index (κ3) is 2.72. The van der Waals surface area contributed by atoms with Gasteiger partial charge in [0.05, 0.1) is 5.69 Å². The van der Waals surface area contributed by atoms with Crippen LogP contribution in [0.4, 0.5) is 0 Å². The topological polar surface area (TPSA) is 56.0 Å². The lowest BCUT2D eigenvalue weighted by Crippen LogP contribution is -2.05. The number of hydrogen-bond acceptors (Lipinski definition) is 4. The standard InChI is InChI=1S/C17H11Cl2N5/c18-15(19)16-21-14-9-13(11-5-2-1-3-6-11)23-24(14)17(22-16)12-7-4-8-20-10-12/h1-10,15H. The fourth-order valence-electron chi connectivity index (χ4n) is 2.43. The number of nitrogens with zero attached hydrogens (tertiary/aromatic N) is 5. The molecule has 0 unspecified atom stereocenters. The first kappa shape index (κ1) is 15.1. The van der Waals surface area contributed by atoms with Crippen LogP contribution in [-0.4, -0.2) is 24.6 Å². The maximum atomic E-state index is 5.98. The largest absolute Gasteiger partial charge is 0.264 e. The summed E-state index contributed by atoms with van der Waals surface area (Å²) in [6.07, 6.45) is 3.42. The van der Waals surface area contributed by atoms with Crippen LogP contribution >= 0.6 is 23.2 Å². The van der Waals surface area contributed by atoms with Gasteiger partial charge in [0.2, 0.25) is 0 Å². The zero-order chi connectivity index (χ0) is 16.5. The number of benzene rings is 1. The molecule has 0 fully saturated rings. The molecule has 0 aliphatic carbocycles. The number of alkyl halides is 2. The predicted octanol–water partition coefficient (Wildman–Crippen LogP) is 4.33. The van der Waals surface area contributed by atoms with Crippen molar-refractivity contribution in [3.05, 3.63) is 66.7 Å². The molecule has 3 aromatic heterocycles. The van der Waals surface area contributed by atoms with Crippen LogP contribution in [0.1, 0.15) is 10.7 Å². The van der Waals surface area contributed by atoms with Gasteiger partial charge in [-0.05, 0) is 12.1 Å². The van der Waals surface area contributed by atoms with Crippen LogP contribution in [0.2, 0.25) is 0 Å². The van der Waals surface area contributed by atoms with Crippen molar-refractivity contribution in [2.45, 2.75) is 4.84 Å². The predicted molar refractivity (Wildman–Crippen MR) is 93.9 cm³/mol. The Labute approximate surface area is 147 Å². The third-order valence-electron chi connectivity index (χ3n) is 3.53. The molecule has 0 atom stereocenters. The van der Waals surface area contributed by atoms with Crippen molar-refractivity contribution in [1.29, 1.82) is 0 Å². The lowest BCUT2D eigenvalue weighted by Gasteiger charge is -2.07. The summed E-state index contributed by atoms with van der Waals surface area (Å²) >= 11 is 12.0. The van der Waals surface area contributed by atoms with E-state index >= 15 is 0 Å². The van der Waals surface area contributed by atoms with E-state index in [1.807, 2.05) is 48.5 Å². The van der Waals surface area contributed by atoms with E-state index in [0.29, 0.717) is 17.3 Å². The van der Waals surface area contributed by atoms with Crippen molar-refractivity contribution in [3.63, 3.8) is 0 Å². The fraction of sp³-hybridized carbons (Fsp3) is 0.0588. The highest BCUT2D eigenvalue weighted by molar-refractivity contribution is 6.43. The highest BCUT2D eigenvalue weighted by atomic mass is 35.5. The first-order valence-corrected chi connectivity index (χ1v) is 8.11. The van der Waals surface area contributed by atoms with Crippen molar-refractivity contribution in [2.75, 3.05) is 0 Å². The number of halogens is 2. The molecular formula is C17H11Cl2N5. The summed E-state index contributed by atoms with van der Waals surface area (Å²) in [4.78, 5) is 12.2. The SMILES string of the molecule is ClC(Cl)c1nc(-c2cccnc2)n2nc(-c3ccccc3)cc2n1. The number of fused-ring (bicyclic) bond motifs is 1. The van der Waals surface area contributed by atoms with Crippen molar-refractivity contribution in [3.8, 4) is 22.6 Å². The molecule has 0 spiro atoms. The first-order chi connectivity index (χ1) is 11.7. The van der Waals surface area contributed by atoms with Crippen LogP contribution in [0.5, 0.6) is 0 Å². The van der Waals surface area contributed by atoms with Gasteiger partial charge in [0.25, 0.3) is 0 Å². The molecule has 3 heterocycles. The van der Waals surface area contributed by atoms with Crippen molar-refractivity contribution in [1.82, 2.24) is 24.6 Å². The van der Waals surface area contributed by atoms with Gasteiger partial charge in [0.1, 0.15) is 0 Å². The molecule has 0 saturated carbocycles. The zero-order valence-corrected chi connectivity index (χ0v) is 13.9. The molecule has 0 radical (unpaired) electrons. The molecule has 0 saturated heterocycles. The molecule has 4 aromatic rings. The quantitative estimate of drug-likeness (QED) is 0.513. The minimum absolute atomic E-state index is 0.337. The van der Waals surface area contributed by atoms with Gasteiger partial charge in [-0.2, -0.15) is 9.61 Å². The van der Waals surface area contributed by atoms with Crippen molar-refractivity contribution in [2.24, 2.45) is 0 Å². The van der Waals surface area contributed by atoms with E-state index in [1.165, 1.54) is 0 Å². The fourth-order valence-corrected chi connectivity index (χ4v) is 2.63. The van der Waals surface area contributed by atoms with Gasteiger partial charge >= 0.3 is 0 Å². The molecule has 24 heavy (non-hydrogen) atoms. The van der Waals surface area contributed by atoms with E-state index < -0.39 is 4.84 Å². The summed E-state index contributed by atoms with van der Waals surface area (Å²) in [7, 11) is 0. The Morgan fingerprint density at radius 2 is 1.71 bits per heavy atom. The molecule has 1 aromatic carbocycles. The number of hydrogen-bond donors (Lipinski definition) is 0.